The first kappa shape index (κ1) is 19.4. The van der Waals surface area contributed by atoms with Crippen molar-refractivity contribution in [1.29, 1.82) is 0 Å². The number of benzene rings is 1. The van der Waals surface area contributed by atoms with Crippen molar-refractivity contribution in [2.75, 3.05) is 23.0 Å². The van der Waals surface area contributed by atoms with Gasteiger partial charge in [0.1, 0.15) is 10.9 Å². The third-order valence-corrected chi connectivity index (χ3v) is 5.31. The van der Waals surface area contributed by atoms with Crippen molar-refractivity contribution in [1.82, 2.24) is 9.97 Å². The van der Waals surface area contributed by atoms with Gasteiger partial charge < -0.3 is 10.2 Å². The Balaban J connectivity index is 1.87. The lowest BCUT2D eigenvalue weighted by molar-refractivity contribution is -0.116. The van der Waals surface area contributed by atoms with Crippen LogP contribution in [0.3, 0.4) is 0 Å². The van der Waals surface area contributed by atoms with Crippen LogP contribution in [0, 0.1) is 6.92 Å². The number of hydrogen-bond donors (Lipinski definition) is 1. The number of nitrogens with one attached hydrogen (secondary N) is 1. The first-order chi connectivity index (χ1) is 12.8. The van der Waals surface area contributed by atoms with E-state index in [1.54, 1.807) is 11.8 Å². The lowest BCUT2D eigenvalue weighted by Crippen LogP contribution is -2.25. The molecular weight excluding hydrogens is 360 g/mol. The molecule has 0 fully saturated rings. The van der Waals surface area contributed by atoms with Crippen molar-refractivity contribution in [3.63, 3.8) is 0 Å². The molecule has 0 saturated heterocycles. The van der Waals surface area contributed by atoms with Crippen LogP contribution in [0.1, 0.15) is 54.1 Å². The molecule has 2 amide bonds. The molecule has 142 valence electrons. The maximum absolute atomic E-state index is 12.9. The van der Waals surface area contributed by atoms with Gasteiger partial charge in [0, 0.05) is 30.8 Å². The van der Waals surface area contributed by atoms with E-state index in [2.05, 4.69) is 15.3 Å². The lowest BCUT2D eigenvalue weighted by Gasteiger charge is -2.16. The fraction of sp³-hybridized carbons (Fsp3) is 0.400. The Morgan fingerprint density at radius 1 is 1.26 bits per heavy atom. The Labute approximate surface area is 163 Å². The number of hydrogen-bond acceptors (Lipinski definition) is 5. The summed E-state index contributed by atoms with van der Waals surface area (Å²) < 4.78 is 0. The fourth-order valence-electron chi connectivity index (χ4n) is 3.23. The Kier molecular flexibility index (Phi) is 5.51. The largest absolute Gasteiger partial charge is 0.322 e. The van der Waals surface area contributed by atoms with Crippen LogP contribution in [0.4, 0.5) is 11.4 Å². The van der Waals surface area contributed by atoms with Crippen molar-refractivity contribution in [2.24, 2.45) is 0 Å². The molecule has 0 radical (unpaired) electrons. The van der Waals surface area contributed by atoms with E-state index in [1.165, 1.54) is 11.8 Å². The molecule has 0 spiro atoms. The number of fused-ring (bicyclic) bond motifs is 1. The van der Waals surface area contributed by atoms with E-state index in [0.717, 1.165) is 23.5 Å². The number of amides is 2. The molecule has 3 rings (SSSR count). The zero-order valence-electron chi connectivity index (χ0n) is 16.3. The topological polar surface area (TPSA) is 75.2 Å². The second-order valence-electron chi connectivity index (χ2n) is 6.92. The average molecular weight is 385 g/mol. The predicted octanol–water partition coefficient (Wildman–Crippen LogP) is 3.79. The summed E-state index contributed by atoms with van der Waals surface area (Å²) in [6, 6.07) is 5.66. The minimum absolute atomic E-state index is 0.0353. The van der Waals surface area contributed by atoms with Gasteiger partial charge in [0.15, 0.2) is 0 Å². The number of aryl methyl sites for hydroxylation is 1. The van der Waals surface area contributed by atoms with Crippen molar-refractivity contribution in [3.05, 3.63) is 40.8 Å². The molecule has 1 aromatic heterocycles. The van der Waals surface area contributed by atoms with Crippen molar-refractivity contribution in [2.45, 2.75) is 45.1 Å². The standard InChI is InChI=1S/C20H24N4O2S/c1-11(2)18-21-12(3)17(20(23-18)27-5)19(26)22-15-6-7-16-14(10-15)8-9-24(16)13(4)25/h6-7,10-11H,8-9H2,1-5H3,(H,22,26). The highest BCUT2D eigenvalue weighted by Crippen LogP contribution is 2.31. The summed E-state index contributed by atoms with van der Waals surface area (Å²) in [6.07, 6.45) is 2.70. The van der Waals surface area contributed by atoms with Crippen molar-refractivity contribution < 1.29 is 9.59 Å². The number of carbonyl (C=O) groups is 2. The van der Waals surface area contributed by atoms with Crippen LogP contribution in [0.15, 0.2) is 23.2 Å². The summed E-state index contributed by atoms with van der Waals surface area (Å²) in [7, 11) is 0. The summed E-state index contributed by atoms with van der Waals surface area (Å²) in [5.74, 6) is 0.768. The molecule has 1 aromatic carbocycles. The van der Waals surface area contributed by atoms with Gasteiger partial charge in [-0.2, -0.15) is 0 Å². The van der Waals surface area contributed by atoms with E-state index in [-0.39, 0.29) is 17.7 Å². The molecule has 1 N–H and O–H groups in total. The minimum Gasteiger partial charge on any atom is -0.322 e. The van der Waals surface area contributed by atoms with Gasteiger partial charge in [0.25, 0.3) is 5.91 Å². The predicted molar refractivity (Wildman–Crippen MR) is 109 cm³/mol. The van der Waals surface area contributed by atoms with E-state index in [0.29, 0.717) is 28.5 Å². The zero-order valence-corrected chi connectivity index (χ0v) is 17.1. The number of thioether (sulfide) groups is 1. The molecule has 0 aliphatic carbocycles. The molecule has 7 heteroatoms. The third kappa shape index (κ3) is 3.83. The molecule has 2 aromatic rings. The van der Waals surface area contributed by atoms with Crippen molar-refractivity contribution in [3.8, 4) is 0 Å². The van der Waals surface area contributed by atoms with Gasteiger partial charge in [-0.15, -0.1) is 11.8 Å². The maximum Gasteiger partial charge on any atom is 0.260 e. The van der Waals surface area contributed by atoms with Gasteiger partial charge in [0.2, 0.25) is 5.91 Å². The van der Waals surface area contributed by atoms with Gasteiger partial charge in [-0.1, -0.05) is 13.8 Å². The highest BCUT2D eigenvalue weighted by Gasteiger charge is 2.23. The summed E-state index contributed by atoms with van der Waals surface area (Å²) in [4.78, 5) is 35.4. The second-order valence-corrected chi connectivity index (χ2v) is 7.72. The van der Waals surface area contributed by atoms with E-state index in [1.807, 2.05) is 45.2 Å². The molecule has 0 atom stereocenters. The van der Waals surface area contributed by atoms with Gasteiger partial charge >= 0.3 is 0 Å². The average Bonchev–Trinajstić information content (AvgIpc) is 3.04. The minimum atomic E-state index is -0.214. The molecular formula is C20H24N4O2S. The molecule has 6 nitrogen and oxygen atoms in total. The number of carbonyl (C=O) groups excluding carboxylic acids is 2. The van der Waals surface area contributed by atoms with Gasteiger partial charge in [-0.05, 0) is 43.4 Å². The lowest BCUT2D eigenvalue weighted by atomic mass is 10.1. The molecule has 1 aliphatic rings. The second kappa shape index (κ2) is 7.68. The molecule has 1 aliphatic heterocycles. The quantitative estimate of drug-likeness (QED) is 0.641. The van der Waals surface area contributed by atoms with Gasteiger partial charge in [-0.25, -0.2) is 9.97 Å². The molecule has 2 heterocycles. The van der Waals surface area contributed by atoms with Crippen molar-refractivity contribution >= 4 is 35.0 Å². The maximum atomic E-state index is 12.9. The number of nitrogens with zero attached hydrogens (tertiary/aromatic N) is 3. The van der Waals surface area contributed by atoms with E-state index >= 15 is 0 Å². The number of anilines is 2. The normalized spacial score (nSPS) is 13.0. The Bertz CT molecular complexity index is 911. The Morgan fingerprint density at radius 2 is 2.00 bits per heavy atom. The number of aromatic nitrogens is 2. The fourth-order valence-corrected chi connectivity index (χ4v) is 3.86. The first-order valence-corrected chi connectivity index (χ1v) is 10.2. The van der Waals surface area contributed by atoms with Gasteiger partial charge in [0.05, 0.1) is 11.3 Å². The zero-order chi connectivity index (χ0) is 19.7. The summed E-state index contributed by atoms with van der Waals surface area (Å²) in [5.41, 5.74) is 3.89. The third-order valence-electron chi connectivity index (χ3n) is 4.62. The summed E-state index contributed by atoms with van der Waals surface area (Å²) >= 11 is 1.45. The highest BCUT2D eigenvalue weighted by molar-refractivity contribution is 7.98. The van der Waals surface area contributed by atoms with E-state index < -0.39 is 0 Å². The van der Waals surface area contributed by atoms with Crippen LogP contribution in [-0.2, 0) is 11.2 Å². The molecule has 27 heavy (non-hydrogen) atoms. The summed E-state index contributed by atoms with van der Waals surface area (Å²) in [5, 5.41) is 3.65. The van der Waals surface area contributed by atoms with Crippen LogP contribution in [0.2, 0.25) is 0 Å². The Hall–Kier alpha value is -2.41. The van der Waals surface area contributed by atoms with E-state index in [4.69, 9.17) is 0 Å². The monoisotopic (exact) mass is 384 g/mol. The van der Waals surface area contributed by atoms with Gasteiger partial charge in [-0.3, -0.25) is 9.59 Å². The first-order valence-electron chi connectivity index (χ1n) is 8.96. The van der Waals surface area contributed by atoms with Crippen LogP contribution < -0.4 is 10.2 Å². The van der Waals surface area contributed by atoms with Crippen LogP contribution in [-0.4, -0.2) is 34.6 Å². The molecule has 0 unspecified atom stereocenters. The smallest absolute Gasteiger partial charge is 0.260 e. The van der Waals surface area contributed by atoms with E-state index in [9.17, 15) is 9.59 Å². The van der Waals surface area contributed by atoms with Crippen LogP contribution in [0.25, 0.3) is 0 Å². The summed E-state index contributed by atoms with van der Waals surface area (Å²) in [6.45, 7) is 8.16. The highest BCUT2D eigenvalue weighted by atomic mass is 32.2. The molecule has 0 saturated carbocycles. The number of rotatable bonds is 4. The Morgan fingerprint density at radius 3 is 2.63 bits per heavy atom. The SMILES string of the molecule is CSc1nc(C(C)C)nc(C)c1C(=O)Nc1ccc2c(c1)CCN2C(C)=O. The van der Waals surface area contributed by atoms with Crippen LogP contribution >= 0.6 is 11.8 Å². The molecule has 0 bridgehead atoms. The van der Waals surface area contributed by atoms with Crippen LogP contribution in [0.5, 0.6) is 0 Å².